The Morgan fingerprint density at radius 2 is 2.04 bits per heavy atom. The number of para-hydroxylation sites is 2. The van der Waals surface area contributed by atoms with E-state index in [1.54, 1.807) is 11.0 Å². The van der Waals surface area contributed by atoms with E-state index in [1.807, 2.05) is 43.3 Å². The van der Waals surface area contributed by atoms with Gasteiger partial charge in [-0.1, -0.05) is 34.1 Å². The summed E-state index contributed by atoms with van der Waals surface area (Å²) in [5.41, 5.74) is 8.75. The van der Waals surface area contributed by atoms with Crippen LogP contribution in [0.4, 0.5) is 11.6 Å². The highest BCUT2D eigenvalue weighted by molar-refractivity contribution is 9.10. The molecule has 142 valence electrons. The third-order valence-corrected chi connectivity index (χ3v) is 4.96. The molecular weight excluding hydrogens is 424 g/mol. The normalized spacial score (nSPS) is 13.7. The minimum atomic E-state index is -0.713. The van der Waals surface area contributed by atoms with E-state index in [0.29, 0.717) is 11.6 Å². The molecule has 2 amide bonds. The first-order valence-electron chi connectivity index (χ1n) is 8.52. The smallest absolute Gasteiger partial charge is 0.274 e. The van der Waals surface area contributed by atoms with Gasteiger partial charge in [0, 0.05) is 10.2 Å². The molecule has 1 aromatic heterocycles. The molecule has 9 heteroatoms. The molecule has 5 N–H and O–H groups in total. The number of aryl methyl sites for hydroxylation is 1. The van der Waals surface area contributed by atoms with E-state index in [9.17, 15) is 9.59 Å². The summed E-state index contributed by atoms with van der Waals surface area (Å²) in [4.78, 5) is 34.3. The van der Waals surface area contributed by atoms with Crippen LogP contribution in [-0.4, -0.2) is 28.5 Å². The Balaban J connectivity index is 1.73. The maximum absolute atomic E-state index is 13.1. The van der Waals surface area contributed by atoms with Crippen LogP contribution in [-0.2, 0) is 9.59 Å². The number of nitrogens with zero attached hydrogens (tertiary/aromatic N) is 2. The number of halogens is 1. The molecule has 0 saturated carbocycles. The number of nitrogens with one attached hydrogen (secondary N) is 3. The summed E-state index contributed by atoms with van der Waals surface area (Å²) in [7, 11) is 0. The Hall–Kier alpha value is -3.33. The summed E-state index contributed by atoms with van der Waals surface area (Å²) in [5.74, 6) is -0.726. The number of hydrogen-bond acceptors (Lipinski definition) is 5. The molecule has 8 nitrogen and oxygen atoms in total. The molecule has 0 saturated heterocycles. The van der Waals surface area contributed by atoms with Crippen LogP contribution in [0.15, 0.2) is 58.3 Å². The molecule has 28 heavy (non-hydrogen) atoms. The topological polar surface area (TPSA) is 116 Å². The fourth-order valence-corrected chi connectivity index (χ4v) is 3.42. The number of rotatable bonds is 4. The lowest BCUT2D eigenvalue weighted by molar-refractivity contribution is -0.116. The Kier molecular flexibility index (Phi) is 4.52. The number of nitrogens with two attached hydrogens (primary N) is 1. The van der Waals surface area contributed by atoms with Crippen molar-refractivity contribution in [3.63, 3.8) is 0 Å². The van der Waals surface area contributed by atoms with Crippen LogP contribution in [0, 0.1) is 6.92 Å². The number of amides is 2. The number of H-pyrrole nitrogens is 1. The van der Waals surface area contributed by atoms with Crippen LogP contribution in [0.5, 0.6) is 0 Å². The molecule has 4 rings (SSSR count). The number of aromatic nitrogens is 2. The van der Waals surface area contributed by atoms with Gasteiger partial charge in [0.1, 0.15) is 11.4 Å². The van der Waals surface area contributed by atoms with E-state index in [4.69, 9.17) is 5.73 Å². The van der Waals surface area contributed by atoms with Gasteiger partial charge >= 0.3 is 0 Å². The van der Waals surface area contributed by atoms with E-state index < -0.39 is 11.8 Å². The van der Waals surface area contributed by atoms with Crippen molar-refractivity contribution in [1.29, 1.82) is 0 Å². The summed E-state index contributed by atoms with van der Waals surface area (Å²) in [6, 6.07) is 13.1. The van der Waals surface area contributed by atoms with Gasteiger partial charge in [0.2, 0.25) is 5.95 Å². The quantitative estimate of drug-likeness (QED) is 0.496. The molecular formula is C19H17BrN6O2. The van der Waals surface area contributed by atoms with Gasteiger partial charge in [0.25, 0.3) is 11.8 Å². The van der Waals surface area contributed by atoms with Gasteiger partial charge in [-0.3, -0.25) is 14.5 Å². The SMILES string of the molecule is Cc1ccc(Br)cc1NC(=O)C1=C(C(N)=O)NCN1c1nc2ccccc2[nH]1. The lowest BCUT2D eigenvalue weighted by atomic mass is 10.2. The Bertz CT molecular complexity index is 1100. The highest BCUT2D eigenvalue weighted by Gasteiger charge is 2.33. The molecule has 2 aromatic carbocycles. The highest BCUT2D eigenvalue weighted by Crippen LogP contribution is 2.27. The van der Waals surface area contributed by atoms with E-state index >= 15 is 0 Å². The van der Waals surface area contributed by atoms with Crippen molar-refractivity contribution in [2.75, 3.05) is 16.9 Å². The number of carbonyl (C=O) groups is 2. The zero-order chi connectivity index (χ0) is 19.8. The number of benzene rings is 2. The molecule has 0 fully saturated rings. The maximum Gasteiger partial charge on any atom is 0.274 e. The number of anilines is 2. The van der Waals surface area contributed by atoms with Crippen LogP contribution in [0.25, 0.3) is 11.0 Å². The molecule has 0 spiro atoms. The number of aromatic amines is 1. The number of carbonyl (C=O) groups excluding carboxylic acids is 2. The van der Waals surface area contributed by atoms with Crippen molar-refractivity contribution >= 4 is 50.4 Å². The third-order valence-electron chi connectivity index (χ3n) is 4.46. The zero-order valence-corrected chi connectivity index (χ0v) is 16.5. The van der Waals surface area contributed by atoms with Gasteiger partial charge in [-0.2, -0.15) is 0 Å². The highest BCUT2D eigenvalue weighted by atomic mass is 79.9. The van der Waals surface area contributed by atoms with Gasteiger partial charge in [-0.05, 0) is 36.8 Å². The van der Waals surface area contributed by atoms with E-state index in [2.05, 4.69) is 36.5 Å². The summed E-state index contributed by atoms with van der Waals surface area (Å²) < 4.78 is 0.830. The predicted octanol–water partition coefficient (Wildman–Crippen LogP) is 2.34. The second-order valence-electron chi connectivity index (χ2n) is 6.34. The van der Waals surface area contributed by atoms with Crippen LogP contribution in [0.3, 0.4) is 0 Å². The number of hydrogen-bond donors (Lipinski definition) is 4. The molecule has 0 unspecified atom stereocenters. The molecule has 0 atom stereocenters. The first-order chi connectivity index (χ1) is 13.4. The summed E-state index contributed by atoms with van der Waals surface area (Å²) in [6.07, 6.45) is 0. The number of imidazole rings is 1. The lowest BCUT2D eigenvalue weighted by Gasteiger charge is -2.18. The van der Waals surface area contributed by atoms with Crippen molar-refractivity contribution in [3.05, 3.63) is 63.9 Å². The predicted molar refractivity (Wildman–Crippen MR) is 110 cm³/mol. The number of fused-ring (bicyclic) bond motifs is 1. The molecule has 3 aromatic rings. The van der Waals surface area contributed by atoms with Gasteiger partial charge < -0.3 is 21.4 Å². The van der Waals surface area contributed by atoms with Gasteiger partial charge in [0.05, 0.1) is 17.7 Å². The average molecular weight is 441 g/mol. The first-order valence-corrected chi connectivity index (χ1v) is 9.31. The average Bonchev–Trinajstić information content (AvgIpc) is 3.28. The monoisotopic (exact) mass is 440 g/mol. The van der Waals surface area contributed by atoms with Gasteiger partial charge in [0.15, 0.2) is 0 Å². The second kappa shape index (κ2) is 7.01. The second-order valence-corrected chi connectivity index (χ2v) is 7.26. The zero-order valence-electron chi connectivity index (χ0n) is 14.9. The number of primary amides is 1. The summed E-state index contributed by atoms with van der Waals surface area (Å²) in [5, 5.41) is 5.75. The van der Waals surface area contributed by atoms with E-state index in [0.717, 1.165) is 21.1 Å². The standard InChI is InChI=1S/C19H17BrN6O2/c1-10-6-7-11(20)8-14(10)23-18(28)16-15(17(21)27)22-9-26(16)19-24-12-4-2-3-5-13(12)25-19/h2-8,22H,9H2,1H3,(H2,21,27)(H,23,28)(H,24,25). The first kappa shape index (κ1) is 18.1. The Morgan fingerprint density at radius 1 is 1.25 bits per heavy atom. The molecule has 1 aliphatic heterocycles. The Morgan fingerprint density at radius 3 is 2.79 bits per heavy atom. The van der Waals surface area contributed by atoms with Gasteiger partial charge in [-0.25, -0.2) is 4.98 Å². The van der Waals surface area contributed by atoms with Crippen LogP contribution < -0.4 is 21.3 Å². The molecule has 0 aliphatic carbocycles. The van der Waals surface area contributed by atoms with Crippen LogP contribution in [0.1, 0.15) is 5.56 Å². The lowest BCUT2D eigenvalue weighted by Crippen LogP contribution is -2.30. The largest absolute Gasteiger partial charge is 0.364 e. The minimum Gasteiger partial charge on any atom is -0.364 e. The Labute approximate surface area is 168 Å². The molecule has 0 bridgehead atoms. The summed E-state index contributed by atoms with van der Waals surface area (Å²) >= 11 is 3.40. The molecule has 1 aliphatic rings. The molecule has 2 heterocycles. The third kappa shape index (κ3) is 3.20. The van der Waals surface area contributed by atoms with Crippen molar-refractivity contribution in [3.8, 4) is 0 Å². The van der Waals surface area contributed by atoms with Crippen molar-refractivity contribution in [1.82, 2.24) is 15.3 Å². The van der Waals surface area contributed by atoms with E-state index in [-0.39, 0.29) is 18.1 Å². The van der Waals surface area contributed by atoms with Gasteiger partial charge in [-0.15, -0.1) is 0 Å². The minimum absolute atomic E-state index is 0.0469. The van der Waals surface area contributed by atoms with Crippen LogP contribution >= 0.6 is 15.9 Å². The van der Waals surface area contributed by atoms with Crippen molar-refractivity contribution in [2.45, 2.75) is 6.92 Å². The van der Waals surface area contributed by atoms with Crippen molar-refractivity contribution < 1.29 is 9.59 Å². The maximum atomic E-state index is 13.1. The molecule has 0 radical (unpaired) electrons. The van der Waals surface area contributed by atoms with E-state index in [1.165, 1.54) is 0 Å². The fraction of sp³-hybridized carbons (Fsp3) is 0.105. The fourth-order valence-electron chi connectivity index (χ4n) is 3.05. The van der Waals surface area contributed by atoms with Crippen molar-refractivity contribution in [2.24, 2.45) is 5.73 Å². The summed E-state index contributed by atoms with van der Waals surface area (Å²) in [6.45, 7) is 2.08. The van der Waals surface area contributed by atoms with Crippen LogP contribution in [0.2, 0.25) is 0 Å².